The van der Waals surface area contributed by atoms with Crippen LogP contribution in [0, 0.1) is 0 Å². The zero-order valence-electron chi connectivity index (χ0n) is 20.5. The van der Waals surface area contributed by atoms with Crippen molar-refractivity contribution in [3.05, 3.63) is 59.9 Å². The molecule has 2 N–H and O–H groups in total. The number of H-pyrrole nitrogens is 1. The Labute approximate surface area is 204 Å². The number of pyridine rings is 1. The fraction of sp³-hybridized carbons (Fsp3) is 0.385. The highest BCUT2D eigenvalue weighted by molar-refractivity contribution is 6.04. The van der Waals surface area contributed by atoms with Crippen molar-refractivity contribution in [2.24, 2.45) is 0 Å². The highest BCUT2D eigenvalue weighted by atomic mass is 16.6. The van der Waals surface area contributed by atoms with Crippen LogP contribution in [-0.2, 0) is 4.74 Å². The summed E-state index contributed by atoms with van der Waals surface area (Å²) in [6, 6.07) is 12.9. The Morgan fingerprint density at radius 3 is 2.54 bits per heavy atom. The number of aromatic nitrogens is 3. The summed E-state index contributed by atoms with van der Waals surface area (Å²) < 4.78 is 11.1. The van der Waals surface area contributed by atoms with E-state index >= 15 is 0 Å². The lowest BCUT2D eigenvalue weighted by Gasteiger charge is -2.33. The van der Waals surface area contributed by atoms with Crippen molar-refractivity contribution in [2.45, 2.75) is 45.1 Å². The molecular formula is C26H31N5O4. The minimum atomic E-state index is -0.502. The van der Waals surface area contributed by atoms with Gasteiger partial charge in [0.15, 0.2) is 0 Å². The van der Waals surface area contributed by atoms with Gasteiger partial charge in [-0.25, -0.2) is 9.78 Å². The molecule has 2 amide bonds. The van der Waals surface area contributed by atoms with Gasteiger partial charge in [-0.1, -0.05) is 12.1 Å². The van der Waals surface area contributed by atoms with Crippen molar-refractivity contribution in [1.82, 2.24) is 20.1 Å². The molecule has 1 aliphatic rings. The smallest absolute Gasteiger partial charge is 0.410 e. The third-order valence-electron chi connectivity index (χ3n) is 5.85. The van der Waals surface area contributed by atoms with Crippen molar-refractivity contribution < 1.29 is 19.1 Å². The third kappa shape index (κ3) is 5.98. The molecule has 0 spiro atoms. The fourth-order valence-electron chi connectivity index (χ4n) is 4.08. The topological polar surface area (TPSA) is 109 Å². The van der Waals surface area contributed by atoms with E-state index in [9.17, 15) is 9.59 Å². The molecule has 1 fully saturated rings. The van der Waals surface area contributed by atoms with Gasteiger partial charge in [-0.05, 0) is 75.4 Å². The van der Waals surface area contributed by atoms with Crippen LogP contribution in [0.2, 0.25) is 0 Å². The van der Waals surface area contributed by atoms with Crippen molar-refractivity contribution >= 4 is 17.7 Å². The number of nitrogens with one attached hydrogen (secondary N) is 2. The lowest BCUT2D eigenvalue weighted by molar-refractivity contribution is 0.0204. The zero-order chi connectivity index (χ0) is 25.0. The number of nitrogens with zero attached hydrogens (tertiary/aromatic N) is 3. The van der Waals surface area contributed by atoms with Crippen LogP contribution in [0.25, 0.3) is 11.4 Å². The Morgan fingerprint density at radius 1 is 1.11 bits per heavy atom. The SMILES string of the molecule is COc1cc(C2CCN(C(=O)OC(C)(C)C)CC2)ccc1NC(=O)c1cccc(-c2ccn[nH]2)n1. The molecular weight excluding hydrogens is 446 g/mol. The van der Waals surface area contributed by atoms with Gasteiger partial charge in [0.25, 0.3) is 5.91 Å². The molecule has 4 rings (SSSR count). The van der Waals surface area contributed by atoms with Gasteiger partial charge in [-0.2, -0.15) is 5.10 Å². The molecule has 9 nitrogen and oxygen atoms in total. The number of hydrogen-bond acceptors (Lipinski definition) is 6. The highest BCUT2D eigenvalue weighted by Crippen LogP contribution is 2.34. The van der Waals surface area contributed by atoms with E-state index in [4.69, 9.17) is 9.47 Å². The second kappa shape index (κ2) is 10.2. The summed E-state index contributed by atoms with van der Waals surface area (Å²) in [4.78, 5) is 31.4. The summed E-state index contributed by atoms with van der Waals surface area (Å²) in [5, 5.41) is 9.68. The average Bonchev–Trinajstić information content (AvgIpc) is 3.38. The van der Waals surface area contributed by atoms with Gasteiger partial charge in [0.1, 0.15) is 17.0 Å². The number of hydrogen-bond donors (Lipinski definition) is 2. The minimum Gasteiger partial charge on any atom is -0.495 e. The Bertz CT molecular complexity index is 1180. The summed E-state index contributed by atoms with van der Waals surface area (Å²) in [6.45, 7) is 6.89. The number of carbonyl (C=O) groups is 2. The van der Waals surface area contributed by atoms with Gasteiger partial charge in [-0.3, -0.25) is 9.89 Å². The van der Waals surface area contributed by atoms with E-state index in [1.807, 2.05) is 45.0 Å². The summed E-state index contributed by atoms with van der Waals surface area (Å²) in [7, 11) is 1.58. The first-order valence-electron chi connectivity index (χ1n) is 11.7. The van der Waals surface area contributed by atoms with E-state index in [2.05, 4.69) is 20.5 Å². The first kappa shape index (κ1) is 24.3. The second-order valence-corrected chi connectivity index (χ2v) is 9.53. The lowest BCUT2D eigenvalue weighted by atomic mass is 9.89. The molecule has 3 heterocycles. The Hall–Kier alpha value is -3.88. The number of rotatable bonds is 5. The normalized spacial score (nSPS) is 14.5. The highest BCUT2D eigenvalue weighted by Gasteiger charge is 2.28. The van der Waals surface area contributed by atoms with E-state index in [0.29, 0.717) is 36.1 Å². The Balaban J connectivity index is 1.42. The number of aromatic amines is 1. The maximum absolute atomic E-state index is 12.9. The van der Waals surface area contributed by atoms with E-state index in [1.54, 1.807) is 36.4 Å². The number of amides is 2. The second-order valence-electron chi connectivity index (χ2n) is 9.53. The van der Waals surface area contributed by atoms with E-state index in [-0.39, 0.29) is 17.7 Å². The van der Waals surface area contributed by atoms with Gasteiger partial charge in [-0.15, -0.1) is 0 Å². The van der Waals surface area contributed by atoms with Gasteiger partial charge in [0.05, 0.1) is 24.2 Å². The van der Waals surface area contributed by atoms with Gasteiger partial charge < -0.3 is 19.7 Å². The van der Waals surface area contributed by atoms with Gasteiger partial charge in [0, 0.05) is 19.3 Å². The van der Waals surface area contributed by atoms with Crippen LogP contribution < -0.4 is 10.1 Å². The molecule has 1 aliphatic heterocycles. The Kier molecular flexibility index (Phi) is 7.04. The molecule has 2 aromatic heterocycles. The molecule has 0 saturated carbocycles. The largest absolute Gasteiger partial charge is 0.495 e. The molecule has 35 heavy (non-hydrogen) atoms. The summed E-state index contributed by atoms with van der Waals surface area (Å²) >= 11 is 0. The molecule has 1 saturated heterocycles. The molecule has 0 bridgehead atoms. The van der Waals surface area contributed by atoms with Crippen LogP contribution in [0.3, 0.4) is 0 Å². The molecule has 184 valence electrons. The van der Waals surface area contributed by atoms with Crippen molar-refractivity contribution in [1.29, 1.82) is 0 Å². The maximum Gasteiger partial charge on any atom is 0.410 e. The predicted molar refractivity (Wildman–Crippen MR) is 133 cm³/mol. The van der Waals surface area contributed by atoms with Crippen molar-refractivity contribution in [3.63, 3.8) is 0 Å². The Morgan fingerprint density at radius 2 is 1.89 bits per heavy atom. The van der Waals surface area contributed by atoms with Crippen molar-refractivity contribution in [2.75, 3.05) is 25.5 Å². The van der Waals surface area contributed by atoms with Crippen molar-refractivity contribution in [3.8, 4) is 17.1 Å². The molecule has 3 aromatic rings. The summed E-state index contributed by atoms with van der Waals surface area (Å²) in [5.74, 6) is 0.540. The number of anilines is 1. The van der Waals surface area contributed by atoms with Crippen LogP contribution in [0.15, 0.2) is 48.7 Å². The number of likely N-dealkylation sites (tertiary alicyclic amines) is 1. The first-order valence-corrected chi connectivity index (χ1v) is 11.7. The molecule has 0 aliphatic carbocycles. The van der Waals surface area contributed by atoms with E-state index in [1.165, 1.54) is 0 Å². The number of carbonyl (C=O) groups excluding carboxylic acids is 2. The van der Waals surface area contributed by atoms with Crippen LogP contribution >= 0.6 is 0 Å². The molecule has 0 radical (unpaired) electrons. The predicted octanol–water partition coefficient (Wildman–Crippen LogP) is 4.85. The molecule has 0 atom stereocenters. The van der Waals surface area contributed by atoms with Crippen LogP contribution in [0.4, 0.5) is 10.5 Å². The zero-order valence-corrected chi connectivity index (χ0v) is 20.5. The average molecular weight is 478 g/mol. The maximum atomic E-state index is 12.9. The third-order valence-corrected chi connectivity index (χ3v) is 5.85. The first-order chi connectivity index (χ1) is 16.7. The quantitative estimate of drug-likeness (QED) is 0.544. The standard InChI is InChI=1S/C26H31N5O4/c1-26(2,3)35-25(33)31-14-11-17(12-15-31)18-8-9-21(23(16-18)34-4)29-24(32)22-7-5-6-19(28-22)20-10-13-27-30-20/h5-10,13,16-17H,11-12,14-15H2,1-4H3,(H,27,30)(H,29,32). The van der Waals surface area contributed by atoms with Crippen LogP contribution in [0.5, 0.6) is 5.75 Å². The van der Waals surface area contributed by atoms with Gasteiger partial charge >= 0.3 is 6.09 Å². The number of piperidine rings is 1. The van der Waals surface area contributed by atoms with Gasteiger partial charge in [0.2, 0.25) is 0 Å². The lowest BCUT2D eigenvalue weighted by Crippen LogP contribution is -2.41. The monoisotopic (exact) mass is 477 g/mol. The summed E-state index contributed by atoms with van der Waals surface area (Å²) in [5.41, 5.74) is 2.84. The molecule has 9 heteroatoms. The molecule has 0 unspecified atom stereocenters. The summed E-state index contributed by atoms with van der Waals surface area (Å²) in [6.07, 6.45) is 3.03. The number of ether oxygens (including phenoxy) is 2. The molecule has 1 aromatic carbocycles. The number of methoxy groups -OCH3 is 1. The van der Waals surface area contributed by atoms with Crippen LogP contribution in [-0.4, -0.2) is 57.9 Å². The van der Waals surface area contributed by atoms with E-state index in [0.717, 1.165) is 24.1 Å². The van der Waals surface area contributed by atoms with E-state index < -0.39 is 5.60 Å². The fourth-order valence-corrected chi connectivity index (χ4v) is 4.08. The van der Waals surface area contributed by atoms with Crippen LogP contribution in [0.1, 0.15) is 55.6 Å². The minimum absolute atomic E-state index is 0.267. The number of benzene rings is 1.